The summed E-state index contributed by atoms with van der Waals surface area (Å²) >= 11 is 0. The SMILES string of the molecule is CCCCC[C@@H]1C(=O)C=C[C@@H]1/C=C/[C@H](O)CCCCC(=O)O. The Morgan fingerprint density at radius 1 is 1.32 bits per heavy atom. The van der Waals surface area contributed by atoms with Crippen LogP contribution < -0.4 is 0 Å². The van der Waals surface area contributed by atoms with Gasteiger partial charge in [0.1, 0.15) is 0 Å². The highest BCUT2D eigenvalue weighted by atomic mass is 16.4. The third-order valence-electron chi connectivity index (χ3n) is 4.13. The van der Waals surface area contributed by atoms with Gasteiger partial charge in [0.2, 0.25) is 0 Å². The van der Waals surface area contributed by atoms with Gasteiger partial charge in [-0.2, -0.15) is 0 Å². The largest absolute Gasteiger partial charge is 0.481 e. The molecule has 0 spiro atoms. The molecule has 1 aliphatic rings. The molecule has 4 heteroatoms. The van der Waals surface area contributed by atoms with Crippen LogP contribution in [0.15, 0.2) is 24.3 Å². The number of hydrogen-bond acceptors (Lipinski definition) is 3. The van der Waals surface area contributed by atoms with Gasteiger partial charge in [-0.15, -0.1) is 0 Å². The Labute approximate surface area is 132 Å². The normalized spacial score (nSPS) is 22.5. The molecule has 22 heavy (non-hydrogen) atoms. The summed E-state index contributed by atoms with van der Waals surface area (Å²) in [7, 11) is 0. The molecule has 0 saturated carbocycles. The molecule has 124 valence electrons. The fourth-order valence-electron chi connectivity index (χ4n) is 2.78. The minimum atomic E-state index is -0.797. The number of hydrogen-bond donors (Lipinski definition) is 2. The summed E-state index contributed by atoms with van der Waals surface area (Å²) in [5.74, 6) is -0.476. The third kappa shape index (κ3) is 7.03. The van der Waals surface area contributed by atoms with Crippen molar-refractivity contribution in [1.29, 1.82) is 0 Å². The molecule has 0 fully saturated rings. The highest BCUT2D eigenvalue weighted by molar-refractivity contribution is 5.94. The van der Waals surface area contributed by atoms with Crippen LogP contribution in [0.3, 0.4) is 0 Å². The predicted octanol–water partition coefficient (Wildman–Crippen LogP) is 3.50. The Bertz CT molecular complexity index is 411. The highest BCUT2D eigenvalue weighted by Crippen LogP contribution is 2.28. The lowest BCUT2D eigenvalue weighted by molar-refractivity contribution is -0.137. The fraction of sp³-hybridized carbons (Fsp3) is 0.667. The Morgan fingerprint density at radius 3 is 2.77 bits per heavy atom. The first-order valence-electron chi connectivity index (χ1n) is 8.34. The van der Waals surface area contributed by atoms with E-state index in [9.17, 15) is 14.7 Å². The number of rotatable bonds is 11. The summed E-state index contributed by atoms with van der Waals surface area (Å²) in [6.07, 6.45) is 13.0. The number of ketones is 1. The minimum absolute atomic E-state index is 0.0296. The average molecular weight is 308 g/mol. The Morgan fingerprint density at radius 2 is 2.09 bits per heavy atom. The molecule has 0 aromatic carbocycles. The van der Waals surface area contributed by atoms with Crippen molar-refractivity contribution in [2.75, 3.05) is 0 Å². The van der Waals surface area contributed by atoms with Crippen molar-refractivity contribution >= 4 is 11.8 Å². The summed E-state index contributed by atoms with van der Waals surface area (Å²) in [5.41, 5.74) is 0. The lowest BCUT2D eigenvalue weighted by Crippen LogP contribution is -2.15. The Balaban J connectivity index is 2.34. The standard InChI is InChI=1S/C18H28O4/c1-2-3-4-8-16-14(11-13-17(16)20)10-12-15(19)7-5-6-9-18(21)22/h10-16,19H,2-9H2,1H3,(H,21,22)/b12-10+/t14-,15+,16-/m0/s1. The number of allylic oxidation sites excluding steroid dienone is 3. The third-order valence-corrected chi connectivity index (χ3v) is 4.13. The number of unbranched alkanes of at least 4 members (excludes halogenated alkanes) is 3. The first-order valence-corrected chi connectivity index (χ1v) is 8.34. The van der Waals surface area contributed by atoms with Gasteiger partial charge in [-0.1, -0.05) is 44.4 Å². The zero-order valence-corrected chi connectivity index (χ0v) is 13.4. The topological polar surface area (TPSA) is 74.6 Å². The van der Waals surface area contributed by atoms with Crippen LogP contribution >= 0.6 is 0 Å². The predicted molar refractivity (Wildman–Crippen MR) is 86.5 cm³/mol. The van der Waals surface area contributed by atoms with Crippen LogP contribution in [0.2, 0.25) is 0 Å². The Hall–Kier alpha value is -1.42. The van der Waals surface area contributed by atoms with E-state index in [1.54, 1.807) is 12.2 Å². The van der Waals surface area contributed by atoms with E-state index >= 15 is 0 Å². The quantitative estimate of drug-likeness (QED) is 0.452. The van der Waals surface area contributed by atoms with Gasteiger partial charge in [-0.05, 0) is 31.8 Å². The first-order chi connectivity index (χ1) is 10.5. The molecule has 0 aromatic heterocycles. The van der Waals surface area contributed by atoms with Crippen LogP contribution in [0.4, 0.5) is 0 Å². The molecular formula is C18H28O4. The Kier molecular flexibility index (Phi) is 8.75. The van der Waals surface area contributed by atoms with E-state index in [2.05, 4.69) is 6.92 Å². The van der Waals surface area contributed by atoms with E-state index in [0.717, 1.165) is 25.7 Å². The molecule has 3 atom stereocenters. The van der Waals surface area contributed by atoms with Gasteiger partial charge in [-0.25, -0.2) is 0 Å². The van der Waals surface area contributed by atoms with Crippen LogP contribution in [0.1, 0.15) is 58.3 Å². The smallest absolute Gasteiger partial charge is 0.303 e. The number of aliphatic carboxylic acids is 1. The summed E-state index contributed by atoms with van der Waals surface area (Å²) in [6.45, 7) is 2.15. The van der Waals surface area contributed by atoms with Crippen molar-refractivity contribution in [3.8, 4) is 0 Å². The molecule has 0 unspecified atom stereocenters. The summed E-state index contributed by atoms with van der Waals surface area (Å²) in [4.78, 5) is 22.3. The number of aliphatic hydroxyl groups is 1. The number of carbonyl (C=O) groups is 2. The summed E-state index contributed by atoms with van der Waals surface area (Å²) in [6, 6.07) is 0. The second-order valence-electron chi connectivity index (χ2n) is 6.03. The van der Waals surface area contributed by atoms with Crippen LogP contribution in [0.5, 0.6) is 0 Å². The summed E-state index contributed by atoms with van der Waals surface area (Å²) < 4.78 is 0. The first kappa shape index (κ1) is 18.6. The number of carboxylic acids is 1. The lowest BCUT2D eigenvalue weighted by atomic mass is 9.89. The number of aliphatic hydroxyl groups excluding tert-OH is 1. The van der Waals surface area contributed by atoms with Gasteiger partial charge in [0.25, 0.3) is 0 Å². The fourth-order valence-corrected chi connectivity index (χ4v) is 2.78. The van der Waals surface area contributed by atoms with Crippen LogP contribution in [0.25, 0.3) is 0 Å². The van der Waals surface area contributed by atoms with Crippen LogP contribution in [-0.4, -0.2) is 28.1 Å². The monoisotopic (exact) mass is 308 g/mol. The molecule has 1 rings (SSSR count). The molecule has 0 saturated heterocycles. The maximum Gasteiger partial charge on any atom is 0.303 e. The zero-order chi connectivity index (χ0) is 16.4. The average Bonchev–Trinajstić information content (AvgIpc) is 2.82. The van der Waals surface area contributed by atoms with Gasteiger partial charge in [0.15, 0.2) is 5.78 Å². The lowest BCUT2D eigenvalue weighted by Gasteiger charge is -2.15. The maximum atomic E-state index is 11.9. The van der Waals surface area contributed by atoms with Gasteiger partial charge in [0.05, 0.1) is 6.10 Å². The van der Waals surface area contributed by atoms with Crippen molar-refractivity contribution < 1.29 is 19.8 Å². The van der Waals surface area contributed by atoms with Crippen LogP contribution in [-0.2, 0) is 9.59 Å². The van der Waals surface area contributed by atoms with Crippen molar-refractivity contribution in [3.63, 3.8) is 0 Å². The van der Waals surface area contributed by atoms with Gasteiger partial charge < -0.3 is 10.2 Å². The van der Waals surface area contributed by atoms with E-state index in [-0.39, 0.29) is 24.0 Å². The molecule has 1 aliphatic carbocycles. The molecule has 0 heterocycles. The molecule has 0 amide bonds. The van der Waals surface area contributed by atoms with Crippen molar-refractivity contribution in [2.24, 2.45) is 11.8 Å². The van der Waals surface area contributed by atoms with Gasteiger partial charge >= 0.3 is 5.97 Å². The molecule has 0 bridgehead atoms. The zero-order valence-electron chi connectivity index (χ0n) is 13.4. The molecule has 2 N–H and O–H groups in total. The van der Waals surface area contributed by atoms with Crippen LogP contribution in [0, 0.1) is 11.8 Å². The molecule has 4 nitrogen and oxygen atoms in total. The second kappa shape index (κ2) is 10.3. The highest BCUT2D eigenvalue weighted by Gasteiger charge is 2.27. The van der Waals surface area contributed by atoms with Gasteiger partial charge in [0, 0.05) is 18.3 Å². The maximum absolute atomic E-state index is 11.9. The molecule has 0 radical (unpaired) electrons. The van der Waals surface area contributed by atoms with E-state index in [0.29, 0.717) is 19.3 Å². The van der Waals surface area contributed by atoms with E-state index in [1.807, 2.05) is 12.2 Å². The molecular weight excluding hydrogens is 280 g/mol. The number of carboxylic acid groups (broad SMARTS) is 1. The molecule has 0 aromatic rings. The minimum Gasteiger partial charge on any atom is -0.481 e. The summed E-state index contributed by atoms with van der Waals surface area (Å²) in [5, 5.41) is 18.5. The van der Waals surface area contributed by atoms with E-state index < -0.39 is 12.1 Å². The van der Waals surface area contributed by atoms with E-state index in [1.165, 1.54) is 0 Å². The second-order valence-corrected chi connectivity index (χ2v) is 6.03. The van der Waals surface area contributed by atoms with Crippen molar-refractivity contribution in [3.05, 3.63) is 24.3 Å². The van der Waals surface area contributed by atoms with E-state index in [4.69, 9.17) is 5.11 Å². The molecule has 0 aliphatic heterocycles. The van der Waals surface area contributed by atoms with Crippen molar-refractivity contribution in [1.82, 2.24) is 0 Å². The number of carbonyl (C=O) groups excluding carboxylic acids is 1. The van der Waals surface area contributed by atoms with Crippen molar-refractivity contribution in [2.45, 2.75) is 64.4 Å². The van der Waals surface area contributed by atoms with Gasteiger partial charge in [-0.3, -0.25) is 9.59 Å².